The van der Waals surface area contributed by atoms with Gasteiger partial charge in [0.2, 0.25) is 5.91 Å². The van der Waals surface area contributed by atoms with Crippen LogP contribution in [-0.4, -0.2) is 57.2 Å². The molecule has 0 radical (unpaired) electrons. The summed E-state index contributed by atoms with van der Waals surface area (Å²) >= 11 is 0. The molecule has 4 rings (SSSR count). The lowest BCUT2D eigenvalue weighted by molar-refractivity contribution is -0.132. The number of carbonyl (C=O) groups is 2. The molecule has 1 aromatic carbocycles. The number of carbonyl (C=O) groups excluding carboxylic acids is 2. The third-order valence-electron chi connectivity index (χ3n) is 4.83. The minimum absolute atomic E-state index is 0.0525. The van der Waals surface area contributed by atoms with Crippen LogP contribution in [0.3, 0.4) is 0 Å². The molecule has 3 heterocycles. The zero-order valence-electron chi connectivity index (χ0n) is 15.0. The normalized spacial score (nSPS) is 14.5. The van der Waals surface area contributed by atoms with Crippen molar-refractivity contribution < 1.29 is 18.4 Å². The van der Waals surface area contributed by atoms with Crippen LogP contribution >= 0.6 is 0 Å². The highest BCUT2D eigenvalue weighted by molar-refractivity contribution is 5.94. The molecule has 1 aliphatic heterocycles. The van der Waals surface area contributed by atoms with Crippen molar-refractivity contribution in [1.82, 2.24) is 19.2 Å². The molecular weight excluding hydrogens is 366 g/mol. The average Bonchev–Trinajstić information content (AvgIpc) is 3.12. The van der Waals surface area contributed by atoms with E-state index in [2.05, 4.69) is 4.98 Å². The van der Waals surface area contributed by atoms with E-state index in [1.54, 1.807) is 9.80 Å². The lowest BCUT2D eigenvalue weighted by Gasteiger charge is -2.34. The molecule has 1 aliphatic rings. The quantitative estimate of drug-likeness (QED) is 0.695. The first-order valence-corrected chi connectivity index (χ1v) is 8.96. The largest absolute Gasteiger partial charge is 0.339 e. The Morgan fingerprint density at radius 1 is 0.964 bits per heavy atom. The highest BCUT2D eigenvalue weighted by atomic mass is 19.2. The van der Waals surface area contributed by atoms with E-state index in [4.69, 9.17) is 0 Å². The predicted octanol–water partition coefficient (Wildman–Crippen LogP) is 2.14. The molecule has 0 saturated carbocycles. The number of imidazole rings is 1. The molecule has 28 heavy (non-hydrogen) atoms. The Morgan fingerprint density at radius 3 is 2.43 bits per heavy atom. The zero-order chi connectivity index (χ0) is 19.7. The molecule has 3 aromatic rings. The van der Waals surface area contributed by atoms with Gasteiger partial charge in [-0.05, 0) is 30.3 Å². The minimum atomic E-state index is -1.05. The zero-order valence-corrected chi connectivity index (χ0v) is 15.0. The summed E-state index contributed by atoms with van der Waals surface area (Å²) in [7, 11) is 0. The van der Waals surface area contributed by atoms with Gasteiger partial charge in [0.1, 0.15) is 5.65 Å². The molecule has 0 bridgehead atoms. The van der Waals surface area contributed by atoms with Crippen LogP contribution in [0.4, 0.5) is 8.78 Å². The molecule has 0 spiro atoms. The Morgan fingerprint density at radius 2 is 1.71 bits per heavy atom. The summed E-state index contributed by atoms with van der Waals surface area (Å²) in [5.74, 6) is -2.46. The van der Waals surface area contributed by atoms with Crippen molar-refractivity contribution in [2.75, 3.05) is 26.2 Å². The third kappa shape index (κ3) is 3.58. The van der Waals surface area contributed by atoms with Gasteiger partial charge in [0.05, 0.1) is 12.1 Å². The van der Waals surface area contributed by atoms with E-state index in [-0.39, 0.29) is 23.8 Å². The number of pyridine rings is 1. The molecule has 8 heteroatoms. The van der Waals surface area contributed by atoms with Gasteiger partial charge in [-0.2, -0.15) is 0 Å². The van der Waals surface area contributed by atoms with Crippen LogP contribution in [-0.2, 0) is 11.2 Å². The van der Waals surface area contributed by atoms with E-state index in [1.165, 1.54) is 6.07 Å². The lowest BCUT2D eigenvalue weighted by Crippen LogP contribution is -2.51. The maximum atomic E-state index is 13.4. The van der Waals surface area contributed by atoms with E-state index in [0.717, 1.165) is 17.8 Å². The topological polar surface area (TPSA) is 57.9 Å². The lowest BCUT2D eigenvalue weighted by atomic mass is 10.1. The molecule has 0 N–H and O–H groups in total. The fraction of sp³-hybridized carbons (Fsp3) is 0.250. The molecule has 0 unspecified atom stereocenters. The highest BCUT2D eigenvalue weighted by Crippen LogP contribution is 2.14. The van der Waals surface area contributed by atoms with Gasteiger partial charge in [0, 0.05) is 44.1 Å². The van der Waals surface area contributed by atoms with Crippen molar-refractivity contribution in [1.29, 1.82) is 0 Å². The van der Waals surface area contributed by atoms with E-state index in [1.807, 2.05) is 35.0 Å². The molecule has 1 saturated heterocycles. The average molecular weight is 384 g/mol. The fourth-order valence-electron chi connectivity index (χ4n) is 3.31. The molecule has 1 fully saturated rings. The predicted molar refractivity (Wildman–Crippen MR) is 97.7 cm³/mol. The minimum Gasteiger partial charge on any atom is -0.339 e. The Labute approximate surface area is 160 Å². The van der Waals surface area contributed by atoms with Gasteiger partial charge in [-0.1, -0.05) is 6.07 Å². The first-order valence-electron chi connectivity index (χ1n) is 8.96. The summed E-state index contributed by atoms with van der Waals surface area (Å²) in [4.78, 5) is 32.7. The number of halogens is 2. The monoisotopic (exact) mass is 384 g/mol. The van der Waals surface area contributed by atoms with Crippen LogP contribution in [0.25, 0.3) is 5.65 Å². The van der Waals surface area contributed by atoms with Crippen LogP contribution in [0.5, 0.6) is 0 Å². The van der Waals surface area contributed by atoms with Crippen molar-refractivity contribution in [3.05, 3.63) is 71.7 Å². The second-order valence-electron chi connectivity index (χ2n) is 6.68. The Kier molecular flexibility index (Phi) is 4.77. The van der Waals surface area contributed by atoms with Crippen molar-refractivity contribution in [3.8, 4) is 0 Å². The van der Waals surface area contributed by atoms with Gasteiger partial charge in [-0.25, -0.2) is 13.8 Å². The first-order chi connectivity index (χ1) is 13.5. The Bertz CT molecular complexity index is 1010. The van der Waals surface area contributed by atoms with Crippen LogP contribution < -0.4 is 0 Å². The second kappa shape index (κ2) is 7.38. The number of benzene rings is 1. The van der Waals surface area contributed by atoms with E-state index in [9.17, 15) is 18.4 Å². The number of hydrogen-bond donors (Lipinski definition) is 0. The van der Waals surface area contributed by atoms with E-state index in [0.29, 0.717) is 31.9 Å². The summed E-state index contributed by atoms with van der Waals surface area (Å²) in [6.45, 7) is 1.46. The van der Waals surface area contributed by atoms with Crippen molar-refractivity contribution in [3.63, 3.8) is 0 Å². The van der Waals surface area contributed by atoms with E-state index >= 15 is 0 Å². The standard InChI is InChI=1S/C20H18F2N4O2/c21-16-5-4-14(11-17(16)22)20(28)25-9-7-24(8-10-25)19(27)12-15-13-26-6-2-1-3-18(26)23-15/h1-6,11,13H,7-10,12H2. The van der Waals surface area contributed by atoms with Gasteiger partial charge in [-0.3, -0.25) is 9.59 Å². The van der Waals surface area contributed by atoms with Crippen molar-refractivity contribution in [2.24, 2.45) is 0 Å². The SMILES string of the molecule is O=C(Cc1cn2ccccc2n1)N1CCN(C(=O)c2ccc(F)c(F)c2)CC1. The molecular formula is C20H18F2N4O2. The first kappa shape index (κ1) is 18.1. The number of piperazine rings is 1. The van der Waals surface area contributed by atoms with Gasteiger partial charge in [-0.15, -0.1) is 0 Å². The summed E-state index contributed by atoms with van der Waals surface area (Å²) in [5.41, 5.74) is 1.58. The van der Waals surface area contributed by atoms with Gasteiger partial charge in [0.25, 0.3) is 5.91 Å². The molecule has 2 aromatic heterocycles. The molecule has 0 atom stereocenters. The number of amides is 2. The molecule has 6 nitrogen and oxygen atoms in total. The molecule has 144 valence electrons. The molecule has 2 amide bonds. The summed E-state index contributed by atoms with van der Waals surface area (Å²) in [6.07, 6.45) is 3.90. The summed E-state index contributed by atoms with van der Waals surface area (Å²) < 4.78 is 28.3. The van der Waals surface area contributed by atoms with Gasteiger partial charge < -0.3 is 14.2 Å². The number of rotatable bonds is 3. The Hall–Kier alpha value is -3.29. The van der Waals surface area contributed by atoms with Crippen molar-refractivity contribution in [2.45, 2.75) is 6.42 Å². The fourth-order valence-corrected chi connectivity index (χ4v) is 3.31. The van der Waals surface area contributed by atoms with Crippen molar-refractivity contribution >= 4 is 17.5 Å². The number of fused-ring (bicyclic) bond motifs is 1. The second-order valence-corrected chi connectivity index (χ2v) is 6.68. The maximum Gasteiger partial charge on any atom is 0.254 e. The van der Waals surface area contributed by atoms with Gasteiger partial charge >= 0.3 is 0 Å². The van der Waals surface area contributed by atoms with Crippen LogP contribution in [0.1, 0.15) is 16.1 Å². The van der Waals surface area contributed by atoms with Crippen LogP contribution in [0, 0.1) is 11.6 Å². The summed E-state index contributed by atoms with van der Waals surface area (Å²) in [6, 6.07) is 8.76. The highest BCUT2D eigenvalue weighted by Gasteiger charge is 2.25. The van der Waals surface area contributed by atoms with Crippen LogP contribution in [0.15, 0.2) is 48.8 Å². The summed E-state index contributed by atoms with van der Waals surface area (Å²) in [5, 5.41) is 0. The Balaban J connectivity index is 1.35. The van der Waals surface area contributed by atoms with E-state index < -0.39 is 11.6 Å². The van der Waals surface area contributed by atoms with Crippen LogP contribution in [0.2, 0.25) is 0 Å². The third-order valence-corrected chi connectivity index (χ3v) is 4.83. The smallest absolute Gasteiger partial charge is 0.254 e. The number of hydrogen-bond acceptors (Lipinski definition) is 3. The molecule has 0 aliphatic carbocycles. The maximum absolute atomic E-state index is 13.4. The number of aromatic nitrogens is 2. The number of nitrogens with zero attached hydrogens (tertiary/aromatic N) is 4. The van der Waals surface area contributed by atoms with Gasteiger partial charge in [0.15, 0.2) is 11.6 Å².